The zero-order valence-electron chi connectivity index (χ0n) is 26.4. The van der Waals surface area contributed by atoms with Gasteiger partial charge in [-0.25, -0.2) is 26.0 Å². The van der Waals surface area contributed by atoms with Gasteiger partial charge in [0.15, 0.2) is 14.8 Å². The predicted molar refractivity (Wildman–Crippen MR) is 169 cm³/mol. The van der Waals surface area contributed by atoms with Crippen molar-refractivity contribution in [1.82, 2.24) is 0 Å². The Morgan fingerprint density at radius 1 is 0.769 bits per heavy atom. The Hall–Kier alpha value is -3.79. The number of amides is 2. The average Bonchev–Trinajstić information content (AvgIpc) is 3.55. The molecule has 2 aliphatic rings. The highest BCUT2D eigenvalue weighted by Gasteiger charge is 2.46. The molecular formula is C29H29ClF10N4O6S2. The summed E-state index contributed by atoms with van der Waals surface area (Å²) >= 11 is 5.89. The summed E-state index contributed by atoms with van der Waals surface area (Å²) in [5.41, 5.74) is -3.80. The summed E-state index contributed by atoms with van der Waals surface area (Å²) in [6.45, 7) is 5.97. The second-order valence-electron chi connectivity index (χ2n) is 11.8. The van der Waals surface area contributed by atoms with Crippen LogP contribution in [0.1, 0.15) is 63.8 Å². The summed E-state index contributed by atoms with van der Waals surface area (Å²) in [6.07, 6.45) is -11.4. The molecule has 0 saturated carbocycles. The van der Waals surface area contributed by atoms with Crippen LogP contribution in [0.3, 0.4) is 0 Å². The van der Waals surface area contributed by atoms with Crippen molar-refractivity contribution in [2.24, 2.45) is 19.0 Å². The third-order valence-corrected chi connectivity index (χ3v) is 11.7. The van der Waals surface area contributed by atoms with Gasteiger partial charge in [0.2, 0.25) is 0 Å². The van der Waals surface area contributed by atoms with E-state index in [4.69, 9.17) is 21.3 Å². The van der Waals surface area contributed by atoms with E-state index in [9.17, 15) is 61.9 Å². The first kappa shape index (κ1) is 44.4. The Balaban J connectivity index is 0.000000354. The molecular weight excluding hydrogens is 790 g/mol. The standard InChI is InChI=1S/C14H12ClF5N2O3S.C14H13F5N2O3S.CH4/c1-13(2)6-9(21-25-13)26(24,22-12(23)14(18,19)20)11(15)10-7(16)4-3-5-8(10)17;1-13(2)6-11(20-24-13)25(23,21-12(22)14(17,18)19)7-8-9(15)4-3-5-10(8)16;/h3-5,11H,6H2,1-2H3;3-5H,6-7H2,1-2H3;1H4. The molecule has 2 heterocycles. The van der Waals surface area contributed by atoms with E-state index in [1.807, 2.05) is 0 Å². The number of carbonyl (C=O) groups is 2. The lowest BCUT2D eigenvalue weighted by atomic mass is 10.1. The Kier molecular flexibility index (Phi) is 13.4. The largest absolute Gasteiger partial charge is 0.474 e. The first-order valence-corrected chi connectivity index (χ1v) is 17.6. The summed E-state index contributed by atoms with van der Waals surface area (Å²) in [7, 11) is -8.75. The van der Waals surface area contributed by atoms with Crippen LogP contribution in [-0.4, -0.2) is 53.9 Å². The Bertz CT molecular complexity index is 1990. The second kappa shape index (κ2) is 15.7. The van der Waals surface area contributed by atoms with Crippen LogP contribution in [0, 0.1) is 23.3 Å². The topological polar surface area (TPSA) is 136 Å². The van der Waals surface area contributed by atoms with Crippen molar-refractivity contribution in [3.8, 4) is 0 Å². The zero-order chi connectivity index (χ0) is 39.0. The fourth-order valence-corrected chi connectivity index (χ4v) is 8.80. The lowest BCUT2D eigenvalue weighted by molar-refractivity contribution is -0.169. The Morgan fingerprint density at radius 3 is 1.54 bits per heavy atom. The Morgan fingerprint density at radius 2 is 1.15 bits per heavy atom. The van der Waals surface area contributed by atoms with Crippen LogP contribution < -0.4 is 0 Å². The van der Waals surface area contributed by atoms with E-state index >= 15 is 0 Å². The quantitative estimate of drug-likeness (QED) is 0.225. The highest BCUT2D eigenvalue weighted by atomic mass is 35.5. The summed E-state index contributed by atoms with van der Waals surface area (Å²) < 4.78 is 160. The van der Waals surface area contributed by atoms with E-state index < -0.39 is 110 Å². The number of oxime groups is 2. The summed E-state index contributed by atoms with van der Waals surface area (Å²) in [6, 6.07) is 5.26. The fourth-order valence-electron chi connectivity index (χ4n) is 4.03. The van der Waals surface area contributed by atoms with Gasteiger partial charge >= 0.3 is 24.2 Å². The third-order valence-electron chi connectivity index (χ3n) is 6.49. The molecule has 0 N–H and O–H groups in total. The minimum atomic E-state index is -5.46. The number of alkyl halides is 7. The molecule has 3 unspecified atom stereocenters. The van der Waals surface area contributed by atoms with Crippen LogP contribution in [0.15, 0.2) is 55.4 Å². The first-order valence-electron chi connectivity index (χ1n) is 13.9. The first-order chi connectivity index (χ1) is 23.1. The smallest absolute Gasteiger partial charge is 0.389 e. The van der Waals surface area contributed by atoms with E-state index in [2.05, 4.69) is 19.0 Å². The van der Waals surface area contributed by atoms with Gasteiger partial charge in [0.25, 0.3) is 0 Å². The van der Waals surface area contributed by atoms with Crippen LogP contribution in [0.2, 0.25) is 0 Å². The van der Waals surface area contributed by atoms with Gasteiger partial charge in [0.05, 0.1) is 11.3 Å². The van der Waals surface area contributed by atoms with Gasteiger partial charge in [0, 0.05) is 18.4 Å². The van der Waals surface area contributed by atoms with Gasteiger partial charge in [-0.3, -0.25) is 9.59 Å². The maximum atomic E-state index is 14.0. The molecule has 4 rings (SSSR count). The van der Waals surface area contributed by atoms with Crippen LogP contribution in [0.4, 0.5) is 43.9 Å². The van der Waals surface area contributed by atoms with Crippen molar-refractivity contribution in [2.45, 2.75) is 82.0 Å². The molecule has 2 aromatic rings. The number of hydrogen-bond donors (Lipinski definition) is 0. The number of benzene rings is 2. The number of halogens is 11. The summed E-state index contributed by atoms with van der Waals surface area (Å²) in [5.74, 6) is -11.2. The van der Waals surface area contributed by atoms with Crippen molar-refractivity contribution >= 4 is 53.0 Å². The van der Waals surface area contributed by atoms with Gasteiger partial charge in [0.1, 0.15) is 53.9 Å². The lowest BCUT2D eigenvalue weighted by Gasteiger charge is -2.18. The normalized spacial score (nSPS) is 19.1. The fraction of sp³-hybridized carbons (Fsp3) is 0.448. The monoisotopic (exact) mass is 818 g/mol. The number of hydrogen-bond acceptors (Lipinski definition) is 8. The molecule has 0 bridgehead atoms. The molecule has 3 atom stereocenters. The molecule has 0 spiro atoms. The second-order valence-corrected chi connectivity index (χ2v) is 17.0. The highest BCUT2D eigenvalue weighted by Crippen LogP contribution is 2.39. The third kappa shape index (κ3) is 10.4. The van der Waals surface area contributed by atoms with Gasteiger partial charge < -0.3 is 9.68 Å². The number of rotatable bonds is 4. The van der Waals surface area contributed by atoms with Gasteiger partial charge in [-0.05, 0) is 52.0 Å². The molecule has 2 aliphatic heterocycles. The van der Waals surface area contributed by atoms with E-state index in [0.717, 1.165) is 36.4 Å². The van der Waals surface area contributed by atoms with Crippen LogP contribution in [0.5, 0.6) is 0 Å². The van der Waals surface area contributed by atoms with Crippen molar-refractivity contribution in [3.63, 3.8) is 0 Å². The highest BCUT2D eigenvalue weighted by molar-refractivity contribution is 8.09. The average molecular weight is 819 g/mol. The molecule has 0 aliphatic carbocycles. The Labute approximate surface area is 295 Å². The van der Waals surface area contributed by atoms with Crippen LogP contribution in [-0.2, 0) is 44.5 Å². The van der Waals surface area contributed by atoms with Crippen molar-refractivity contribution in [3.05, 3.63) is 70.8 Å². The maximum absolute atomic E-state index is 14.0. The zero-order valence-corrected chi connectivity index (χ0v) is 28.8. The van der Waals surface area contributed by atoms with E-state index in [1.54, 1.807) is 0 Å². The van der Waals surface area contributed by atoms with Gasteiger partial charge in [-0.2, -0.15) is 26.3 Å². The molecule has 2 amide bonds. The van der Waals surface area contributed by atoms with Gasteiger partial charge in [-0.1, -0.05) is 29.9 Å². The van der Waals surface area contributed by atoms with Crippen LogP contribution in [0.25, 0.3) is 0 Å². The van der Waals surface area contributed by atoms with Crippen molar-refractivity contribution < 1.29 is 71.6 Å². The molecule has 10 nitrogen and oxygen atoms in total. The maximum Gasteiger partial charge on any atom is 0.474 e. The minimum Gasteiger partial charge on any atom is -0.389 e. The molecule has 2 aromatic carbocycles. The molecule has 0 fully saturated rings. The molecule has 0 radical (unpaired) electrons. The SMILES string of the molecule is C.CC1(C)CC(S(=O)(=NC(=O)C(F)(F)F)C(Cl)c2c(F)cccc2F)=NO1.CC1(C)CC(S(=O)(Cc2c(F)cccc2F)=NC(=O)C(F)(F)F)=NO1. The molecule has 52 heavy (non-hydrogen) atoms. The number of carbonyl (C=O) groups excluding carboxylic acids is 2. The summed E-state index contributed by atoms with van der Waals surface area (Å²) in [5, 5.41) is 5.78. The minimum absolute atomic E-state index is 0. The van der Waals surface area contributed by atoms with Gasteiger partial charge in [-0.15, -0.1) is 20.3 Å². The van der Waals surface area contributed by atoms with Crippen molar-refractivity contribution in [1.29, 1.82) is 0 Å². The number of nitrogens with zero attached hydrogens (tertiary/aromatic N) is 4. The predicted octanol–water partition coefficient (Wildman–Crippen LogP) is 8.44. The lowest BCUT2D eigenvalue weighted by Crippen LogP contribution is -2.28. The van der Waals surface area contributed by atoms with Crippen LogP contribution >= 0.6 is 11.6 Å². The van der Waals surface area contributed by atoms with E-state index in [0.29, 0.717) is 0 Å². The van der Waals surface area contributed by atoms with E-state index in [-0.39, 0.29) is 20.3 Å². The molecule has 290 valence electrons. The molecule has 0 saturated heterocycles. The summed E-state index contributed by atoms with van der Waals surface area (Å²) in [4.78, 5) is 32.4. The molecule has 23 heteroatoms. The van der Waals surface area contributed by atoms with Crippen molar-refractivity contribution in [2.75, 3.05) is 0 Å². The molecule has 0 aromatic heterocycles. The van der Waals surface area contributed by atoms with E-state index in [1.165, 1.54) is 27.7 Å².